The third-order valence-electron chi connectivity index (χ3n) is 4.27. The predicted molar refractivity (Wildman–Crippen MR) is 107 cm³/mol. The molecule has 0 aliphatic heterocycles. The number of aryl methyl sites for hydroxylation is 1. The molecule has 6 nitrogen and oxygen atoms in total. The van der Waals surface area contributed by atoms with Crippen LogP contribution < -0.4 is 14.8 Å². The summed E-state index contributed by atoms with van der Waals surface area (Å²) in [6, 6.07) is 10.9. The van der Waals surface area contributed by atoms with E-state index in [4.69, 9.17) is 4.74 Å². The third kappa shape index (κ3) is 5.08. The zero-order valence-electron chi connectivity index (χ0n) is 16.2. The molecule has 2 aromatic carbocycles. The molecule has 0 saturated carbocycles. The monoisotopic (exact) mass is 390 g/mol. The summed E-state index contributed by atoms with van der Waals surface area (Å²) >= 11 is 0. The van der Waals surface area contributed by atoms with Gasteiger partial charge in [-0.2, -0.15) is 4.72 Å². The van der Waals surface area contributed by atoms with E-state index < -0.39 is 22.0 Å². The fraction of sp³-hybridized carbons (Fsp3) is 0.350. The van der Waals surface area contributed by atoms with Crippen LogP contribution in [0.5, 0.6) is 5.75 Å². The van der Waals surface area contributed by atoms with Gasteiger partial charge in [0.25, 0.3) is 0 Å². The Balaban J connectivity index is 2.16. The van der Waals surface area contributed by atoms with Gasteiger partial charge in [0, 0.05) is 5.69 Å². The van der Waals surface area contributed by atoms with Gasteiger partial charge in [-0.25, -0.2) is 8.42 Å². The highest BCUT2D eigenvalue weighted by Crippen LogP contribution is 2.27. The molecule has 27 heavy (non-hydrogen) atoms. The number of sulfonamides is 1. The molecular weight excluding hydrogens is 364 g/mol. The number of ether oxygens (including phenoxy) is 1. The van der Waals surface area contributed by atoms with Crippen LogP contribution in [0.3, 0.4) is 0 Å². The summed E-state index contributed by atoms with van der Waals surface area (Å²) in [6.45, 7) is 7.51. The van der Waals surface area contributed by atoms with E-state index >= 15 is 0 Å². The van der Waals surface area contributed by atoms with Crippen LogP contribution >= 0.6 is 0 Å². The average molecular weight is 391 g/mol. The summed E-state index contributed by atoms with van der Waals surface area (Å²) in [5.41, 5.74) is 2.67. The van der Waals surface area contributed by atoms with Gasteiger partial charge in [-0.05, 0) is 55.2 Å². The minimum atomic E-state index is -3.82. The van der Waals surface area contributed by atoms with Gasteiger partial charge in [-0.1, -0.05) is 32.0 Å². The first-order valence-electron chi connectivity index (χ1n) is 8.72. The standard InChI is InChI=1S/C20H26N2O4S/c1-13(2)18-8-6-7-14(3)19(18)21-20(23)15(4)22-27(24,25)17-11-9-16(26-5)10-12-17/h6-13,15,22H,1-5H3,(H,21,23)/t15-/m1/s1. The minimum Gasteiger partial charge on any atom is -0.497 e. The van der Waals surface area contributed by atoms with E-state index in [0.29, 0.717) is 5.75 Å². The van der Waals surface area contributed by atoms with Crippen molar-refractivity contribution < 1.29 is 17.9 Å². The number of carbonyl (C=O) groups excluding carboxylic acids is 1. The Bertz CT molecular complexity index is 906. The summed E-state index contributed by atoms with van der Waals surface area (Å²) in [7, 11) is -2.32. The largest absolute Gasteiger partial charge is 0.497 e. The molecule has 0 bridgehead atoms. The maximum absolute atomic E-state index is 12.6. The molecule has 0 aliphatic rings. The molecule has 0 heterocycles. The SMILES string of the molecule is COc1ccc(S(=O)(=O)N[C@H](C)C(=O)Nc2c(C)cccc2C(C)C)cc1. The molecule has 0 radical (unpaired) electrons. The van der Waals surface area contributed by atoms with Gasteiger partial charge in [0.1, 0.15) is 5.75 Å². The van der Waals surface area contributed by atoms with E-state index in [9.17, 15) is 13.2 Å². The second kappa shape index (κ2) is 8.54. The minimum absolute atomic E-state index is 0.0710. The molecule has 0 aliphatic carbocycles. The number of anilines is 1. The summed E-state index contributed by atoms with van der Waals surface area (Å²) in [5.74, 6) is 0.371. The van der Waals surface area contributed by atoms with Crippen molar-refractivity contribution in [2.75, 3.05) is 12.4 Å². The van der Waals surface area contributed by atoms with Crippen LogP contribution in [0.25, 0.3) is 0 Å². The number of hydrogen-bond acceptors (Lipinski definition) is 4. The summed E-state index contributed by atoms with van der Waals surface area (Å²) in [6.07, 6.45) is 0. The topological polar surface area (TPSA) is 84.5 Å². The van der Waals surface area contributed by atoms with Crippen molar-refractivity contribution in [3.8, 4) is 5.75 Å². The lowest BCUT2D eigenvalue weighted by Gasteiger charge is -2.19. The van der Waals surface area contributed by atoms with E-state index in [-0.39, 0.29) is 10.8 Å². The normalized spacial score (nSPS) is 12.7. The zero-order chi connectivity index (χ0) is 20.2. The first-order valence-corrected chi connectivity index (χ1v) is 10.2. The number of methoxy groups -OCH3 is 1. The van der Waals surface area contributed by atoms with Crippen LogP contribution in [-0.2, 0) is 14.8 Å². The smallest absolute Gasteiger partial charge is 0.242 e. The molecule has 0 spiro atoms. The lowest BCUT2D eigenvalue weighted by atomic mass is 9.98. The predicted octanol–water partition coefficient (Wildman–Crippen LogP) is 3.43. The fourth-order valence-electron chi connectivity index (χ4n) is 2.68. The molecule has 0 saturated heterocycles. The number of benzene rings is 2. The molecule has 0 unspecified atom stereocenters. The van der Waals surface area contributed by atoms with Crippen LogP contribution in [0, 0.1) is 6.92 Å². The van der Waals surface area contributed by atoms with Gasteiger partial charge < -0.3 is 10.1 Å². The number of nitrogens with one attached hydrogen (secondary N) is 2. The average Bonchev–Trinajstić information content (AvgIpc) is 2.62. The van der Waals surface area contributed by atoms with Crippen LogP contribution in [-0.4, -0.2) is 27.5 Å². The van der Waals surface area contributed by atoms with Gasteiger partial charge in [0.2, 0.25) is 15.9 Å². The molecule has 1 atom stereocenters. The Kier molecular flexibility index (Phi) is 6.62. The number of carbonyl (C=O) groups is 1. The molecule has 0 fully saturated rings. The van der Waals surface area contributed by atoms with Gasteiger partial charge >= 0.3 is 0 Å². The van der Waals surface area contributed by atoms with E-state index in [1.165, 1.54) is 26.2 Å². The highest BCUT2D eigenvalue weighted by Gasteiger charge is 2.23. The summed E-state index contributed by atoms with van der Waals surface area (Å²) in [5, 5.41) is 2.87. The summed E-state index contributed by atoms with van der Waals surface area (Å²) in [4.78, 5) is 12.7. The van der Waals surface area contributed by atoms with E-state index in [2.05, 4.69) is 10.0 Å². The van der Waals surface area contributed by atoms with E-state index in [0.717, 1.165) is 16.8 Å². The van der Waals surface area contributed by atoms with Crippen molar-refractivity contribution in [3.05, 3.63) is 53.6 Å². The van der Waals surface area contributed by atoms with Gasteiger partial charge in [0.05, 0.1) is 18.0 Å². The van der Waals surface area contributed by atoms with Gasteiger partial charge in [-0.3, -0.25) is 4.79 Å². The Labute approximate surface area is 161 Å². The van der Waals surface area contributed by atoms with Crippen molar-refractivity contribution >= 4 is 21.6 Å². The third-order valence-corrected chi connectivity index (χ3v) is 5.83. The highest BCUT2D eigenvalue weighted by atomic mass is 32.2. The van der Waals surface area contributed by atoms with E-state index in [1.54, 1.807) is 12.1 Å². The number of hydrogen-bond donors (Lipinski definition) is 2. The molecule has 0 aromatic heterocycles. The maximum atomic E-state index is 12.6. The van der Waals surface area contributed by atoms with Crippen LogP contribution in [0.15, 0.2) is 47.4 Å². The van der Waals surface area contributed by atoms with Gasteiger partial charge in [-0.15, -0.1) is 0 Å². The maximum Gasteiger partial charge on any atom is 0.242 e. The number of amides is 1. The second-order valence-electron chi connectivity index (χ2n) is 6.70. The van der Waals surface area contributed by atoms with Crippen molar-refractivity contribution in [2.24, 2.45) is 0 Å². The van der Waals surface area contributed by atoms with E-state index in [1.807, 2.05) is 39.0 Å². The zero-order valence-corrected chi connectivity index (χ0v) is 17.1. The van der Waals surface area contributed by atoms with Crippen LogP contribution in [0.1, 0.15) is 37.8 Å². The summed E-state index contributed by atoms with van der Waals surface area (Å²) < 4.78 is 32.5. The Morgan fingerprint density at radius 3 is 2.22 bits per heavy atom. The quantitative estimate of drug-likeness (QED) is 0.758. The lowest BCUT2D eigenvalue weighted by molar-refractivity contribution is -0.117. The number of rotatable bonds is 7. The van der Waals surface area contributed by atoms with Crippen LogP contribution in [0.4, 0.5) is 5.69 Å². The fourth-order valence-corrected chi connectivity index (χ4v) is 3.89. The lowest BCUT2D eigenvalue weighted by Crippen LogP contribution is -2.41. The molecular formula is C20H26N2O4S. The molecule has 2 aromatic rings. The first kappa shape index (κ1) is 20.9. The van der Waals surface area contributed by atoms with Crippen molar-refractivity contribution in [1.29, 1.82) is 0 Å². The Morgan fingerprint density at radius 2 is 1.67 bits per heavy atom. The van der Waals surface area contributed by atoms with Gasteiger partial charge in [0.15, 0.2) is 0 Å². The van der Waals surface area contributed by atoms with Crippen LogP contribution in [0.2, 0.25) is 0 Å². The Morgan fingerprint density at radius 1 is 1.04 bits per heavy atom. The van der Waals surface area contributed by atoms with Crippen molar-refractivity contribution in [1.82, 2.24) is 4.72 Å². The molecule has 7 heteroatoms. The first-order chi connectivity index (χ1) is 12.7. The highest BCUT2D eigenvalue weighted by molar-refractivity contribution is 7.89. The van der Waals surface area contributed by atoms with Crippen molar-refractivity contribution in [3.63, 3.8) is 0 Å². The molecule has 2 rings (SSSR count). The molecule has 1 amide bonds. The number of para-hydroxylation sites is 1. The Hall–Kier alpha value is -2.38. The molecule has 146 valence electrons. The molecule has 2 N–H and O–H groups in total. The second-order valence-corrected chi connectivity index (χ2v) is 8.42. The van der Waals surface area contributed by atoms with Crippen molar-refractivity contribution in [2.45, 2.75) is 44.6 Å².